The number of carbonyl (C=O) groups excluding carboxylic acids is 5. The van der Waals surface area contributed by atoms with Crippen LogP contribution >= 0.6 is 0 Å². The Morgan fingerprint density at radius 3 is 2.09 bits per heavy atom. The van der Waals surface area contributed by atoms with Crippen molar-refractivity contribution >= 4 is 41.9 Å². The molecule has 0 aliphatic rings. The number of ether oxygens (including phenoxy) is 4. The highest BCUT2D eigenvalue weighted by atomic mass is 16.6. The van der Waals surface area contributed by atoms with Gasteiger partial charge in [-0.3, -0.25) is 28.8 Å². The zero-order valence-electron chi connectivity index (χ0n) is 19.5. The van der Waals surface area contributed by atoms with E-state index in [1.807, 2.05) is 0 Å². The van der Waals surface area contributed by atoms with Gasteiger partial charge in [0.25, 0.3) is 5.56 Å². The first-order valence-corrected chi connectivity index (χ1v) is 9.87. The van der Waals surface area contributed by atoms with Gasteiger partial charge in [-0.1, -0.05) is 0 Å². The Kier molecular flexibility index (Phi) is 10.5. The Labute approximate surface area is 194 Å². The molecule has 14 nitrogen and oxygen atoms in total. The molecular formula is C20H26N4O10. The molecule has 1 N–H and O–H groups in total. The van der Waals surface area contributed by atoms with Gasteiger partial charge in [-0.15, -0.1) is 0 Å². The Bertz CT molecular complexity index is 1030. The zero-order chi connectivity index (χ0) is 26.0. The van der Waals surface area contributed by atoms with Gasteiger partial charge in [0.1, 0.15) is 6.61 Å². The van der Waals surface area contributed by atoms with Crippen LogP contribution in [0.1, 0.15) is 45.1 Å². The highest BCUT2D eigenvalue weighted by Crippen LogP contribution is 2.14. The summed E-state index contributed by atoms with van der Waals surface area (Å²) in [6.07, 6.45) is -3.32. The molecule has 0 saturated carbocycles. The molecule has 14 heteroatoms. The summed E-state index contributed by atoms with van der Waals surface area (Å²) in [6.45, 7) is 6.47. The van der Waals surface area contributed by atoms with E-state index in [9.17, 15) is 28.8 Å². The van der Waals surface area contributed by atoms with Crippen LogP contribution in [0.15, 0.2) is 16.0 Å². The molecule has 0 aliphatic heterocycles. The third-order valence-corrected chi connectivity index (χ3v) is 3.81. The van der Waals surface area contributed by atoms with Crippen molar-refractivity contribution in [2.24, 2.45) is 5.10 Å². The summed E-state index contributed by atoms with van der Waals surface area (Å²) < 4.78 is 21.0. The molecule has 0 aromatic carbocycles. The second kappa shape index (κ2) is 12.8. The fourth-order valence-electron chi connectivity index (χ4n) is 2.67. The van der Waals surface area contributed by atoms with E-state index in [2.05, 4.69) is 15.5 Å². The van der Waals surface area contributed by atoms with Crippen LogP contribution in [0.4, 0.5) is 5.95 Å². The lowest BCUT2D eigenvalue weighted by Gasteiger charge is -2.29. The number of nitrogens with zero attached hydrogens (tertiary/aromatic N) is 3. The normalized spacial score (nSPS) is 13.4. The lowest BCUT2D eigenvalue weighted by atomic mass is 10.1. The number of esters is 4. The second-order valence-corrected chi connectivity index (χ2v) is 6.90. The molecule has 0 saturated heterocycles. The Morgan fingerprint density at radius 1 is 1.00 bits per heavy atom. The fraction of sp³-hybridized carbons (Fsp3) is 0.500. The summed E-state index contributed by atoms with van der Waals surface area (Å²) in [5.74, 6) is -3.99. The van der Waals surface area contributed by atoms with Gasteiger partial charge in [-0.05, 0) is 6.92 Å². The van der Waals surface area contributed by atoms with Crippen molar-refractivity contribution in [3.8, 4) is 0 Å². The summed E-state index contributed by atoms with van der Waals surface area (Å²) >= 11 is 0. The average molecular weight is 482 g/mol. The van der Waals surface area contributed by atoms with E-state index in [1.165, 1.54) is 6.92 Å². The van der Waals surface area contributed by atoms with E-state index in [0.717, 1.165) is 51.5 Å². The molecule has 1 heterocycles. The maximum Gasteiger partial charge on any atom is 0.303 e. The second-order valence-electron chi connectivity index (χ2n) is 6.90. The number of nitrogens with one attached hydrogen (secondary N) is 1. The number of hydrogen-bond acceptors (Lipinski definition) is 13. The van der Waals surface area contributed by atoms with E-state index in [1.54, 1.807) is 0 Å². The monoisotopic (exact) mass is 482 g/mol. The topological polar surface area (TPSA) is 182 Å². The number of hydrogen-bond donors (Lipinski definition) is 1. The summed E-state index contributed by atoms with van der Waals surface area (Å²) in [7, 11) is 0. The van der Waals surface area contributed by atoms with Crippen LogP contribution in [-0.4, -0.2) is 70.5 Å². The van der Waals surface area contributed by atoms with Crippen LogP contribution < -0.4 is 11.0 Å². The molecule has 0 fully saturated rings. The lowest BCUT2D eigenvalue weighted by Crippen LogP contribution is -2.48. The first-order valence-electron chi connectivity index (χ1n) is 9.87. The highest BCUT2D eigenvalue weighted by molar-refractivity contribution is 5.79. The molecule has 3 atom stereocenters. The smallest absolute Gasteiger partial charge is 0.303 e. The van der Waals surface area contributed by atoms with Crippen molar-refractivity contribution in [2.45, 2.75) is 59.9 Å². The Hall–Kier alpha value is -4.10. The highest BCUT2D eigenvalue weighted by Gasteiger charge is 2.37. The molecule has 0 spiro atoms. The molecule has 186 valence electrons. The number of rotatable bonds is 10. The summed E-state index contributed by atoms with van der Waals surface area (Å²) in [4.78, 5) is 74.1. The Morgan fingerprint density at radius 2 is 1.59 bits per heavy atom. The summed E-state index contributed by atoms with van der Waals surface area (Å²) in [6, 6.07) is 1.15. The largest absolute Gasteiger partial charge is 0.462 e. The summed E-state index contributed by atoms with van der Waals surface area (Å²) in [5, 5.41) is 3.84. The van der Waals surface area contributed by atoms with Gasteiger partial charge in [-0.2, -0.15) is 5.10 Å². The minimum Gasteiger partial charge on any atom is -0.462 e. The van der Waals surface area contributed by atoms with Crippen LogP contribution in [0.5, 0.6) is 0 Å². The fourth-order valence-corrected chi connectivity index (χ4v) is 2.67. The van der Waals surface area contributed by atoms with Gasteiger partial charge >= 0.3 is 23.9 Å². The van der Waals surface area contributed by atoms with Gasteiger partial charge in [0.15, 0.2) is 18.3 Å². The molecule has 0 unspecified atom stereocenters. The van der Waals surface area contributed by atoms with Crippen molar-refractivity contribution in [1.29, 1.82) is 0 Å². The zero-order valence-corrected chi connectivity index (χ0v) is 19.5. The Balaban J connectivity index is 3.36. The number of aromatic nitrogens is 2. The van der Waals surface area contributed by atoms with Crippen molar-refractivity contribution < 1.29 is 42.9 Å². The summed E-state index contributed by atoms with van der Waals surface area (Å²) in [5.41, 5.74) is 2.04. The minimum absolute atomic E-state index is 0.226. The third-order valence-electron chi connectivity index (χ3n) is 3.81. The predicted octanol–water partition coefficient (Wildman–Crippen LogP) is -0.0323. The minimum atomic E-state index is -1.48. The van der Waals surface area contributed by atoms with Crippen LogP contribution in [0.3, 0.4) is 0 Å². The molecule has 34 heavy (non-hydrogen) atoms. The molecule has 1 aromatic rings. The third kappa shape index (κ3) is 9.18. The van der Waals surface area contributed by atoms with E-state index < -0.39 is 60.3 Å². The van der Waals surface area contributed by atoms with Crippen LogP contribution in [0, 0.1) is 6.92 Å². The number of carbonyl (C=O) groups is 5. The first-order chi connectivity index (χ1) is 15.8. The number of anilines is 1. The predicted molar refractivity (Wildman–Crippen MR) is 115 cm³/mol. The molecular weight excluding hydrogens is 456 g/mol. The van der Waals surface area contributed by atoms with Gasteiger partial charge in [-0.25, -0.2) is 15.0 Å². The van der Waals surface area contributed by atoms with Crippen molar-refractivity contribution in [1.82, 2.24) is 9.55 Å². The van der Waals surface area contributed by atoms with E-state index in [0.29, 0.717) is 5.69 Å². The van der Waals surface area contributed by atoms with Gasteiger partial charge < -0.3 is 18.9 Å². The van der Waals surface area contributed by atoms with Gasteiger partial charge in [0, 0.05) is 46.4 Å². The van der Waals surface area contributed by atoms with E-state index in [4.69, 9.17) is 18.9 Å². The van der Waals surface area contributed by atoms with Crippen LogP contribution in [0.25, 0.3) is 0 Å². The molecule has 0 bridgehead atoms. The quantitative estimate of drug-likeness (QED) is 0.204. The first kappa shape index (κ1) is 27.9. The SMILES string of the molecule is CC(=O)OC[C@@H](OC(C)=O)[C@H](OC(C)=O)[C@H](/C=N/Nc1nc(C)cc(=O)n1C(C)=O)OC(C)=O. The molecule has 0 radical (unpaired) electrons. The molecule has 1 aromatic heterocycles. The standard InChI is InChI=1S/C20H26N4O10/c1-10-7-18(30)24(11(2)25)20(22-10)23-21-8-16(32-13(4)27)19(34-15(6)29)17(33-14(5)28)9-31-12(3)26/h7-8,16-17,19H,9H2,1-6H3,(H,22,23)/b21-8+/t16-,17+,19+/m0/s1. The number of hydrazone groups is 1. The van der Waals surface area contributed by atoms with Gasteiger partial charge in [0.2, 0.25) is 11.9 Å². The maximum absolute atomic E-state index is 12.1. The van der Waals surface area contributed by atoms with E-state index in [-0.39, 0.29) is 5.95 Å². The molecule has 1 rings (SSSR count). The maximum atomic E-state index is 12.1. The van der Waals surface area contributed by atoms with Crippen molar-refractivity contribution in [2.75, 3.05) is 12.0 Å². The number of aryl methyl sites for hydroxylation is 1. The average Bonchev–Trinajstić information content (AvgIpc) is 2.67. The van der Waals surface area contributed by atoms with E-state index >= 15 is 0 Å². The van der Waals surface area contributed by atoms with Gasteiger partial charge in [0.05, 0.1) is 6.21 Å². The van der Waals surface area contributed by atoms with Crippen molar-refractivity contribution in [3.05, 3.63) is 22.1 Å². The molecule has 0 amide bonds. The van der Waals surface area contributed by atoms with Crippen LogP contribution in [0.2, 0.25) is 0 Å². The van der Waals surface area contributed by atoms with Crippen molar-refractivity contribution in [3.63, 3.8) is 0 Å². The van der Waals surface area contributed by atoms with Crippen LogP contribution in [-0.2, 0) is 38.1 Å². The molecule has 0 aliphatic carbocycles. The lowest BCUT2D eigenvalue weighted by molar-refractivity contribution is -0.183.